The predicted molar refractivity (Wildman–Crippen MR) is 98.9 cm³/mol. The van der Waals surface area contributed by atoms with Crippen LogP contribution in [-0.2, 0) is 4.79 Å². The number of carbonyl (C=O) groups is 1. The van der Waals surface area contributed by atoms with Crippen LogP contribution in [0.1, 0.15) is 12.8 Å². The molecule has 0 radical (unpaired) electrons. The summed E-state index contributed by atoms with van der Waals surface area (Å²) < 4.78 is 11.3. The van der Waals surface area contributed by atoms with Gasteiger partial charge in [0.15, 0.2) is 0 Å². The zero-order chi connectivity index (χ0) is 17.6. The SMILES string of the molecule is C=CC(=O)N1CCC(Oc2cccc(-c3ccc(OC)cc3)c2)CC1. The lowest BCUT2D eigenvalue weighted by Crippen LogP contribution is -2.41. The molecule has 25 heavy (non-hydrogen) atoms. The third-order valence-corrected chi connectivity index (χ3v) is 4.49. The van der Waals surface area contributed by atoms with Gasteiger partial charge in [-0.25, -0.2) is 0 Å². The lowest BCUT2D eigenvalue weighted by atomic mass is 10.0. The first-order valence-corrected chi connectivity index (χ1v) is 8.52. The Kier molecular flexibility index (Phi) is 5.39. The van der Waals surface area contributed by atoms with Crippen LogP contribution >= 0.6 is 0 Å². The number of methoxy groups -OCH3 is 1. The number of piperidine rings is 1. The summed E-state index contributed by atoms with van der Waals surface area (Å²) in [5.41, 5.74) is 2.23. The molecular formula is C21H23NO3. The van der Waals surface area contributed by atoms with Gasteiger partial charge in [0.25, 0.3) is 0 Å². The minimum absolute atomic E-state index is 0.0000434. The van der Waals surface area contributed by atoms with Crippen LogP contribution in [-0.4, -0.2) is 37.1 Å². The Morgan fingerprint density at radius 3 is 2.44 bits per heavy atom. The monoisotopic (exact) mass is 337 g/mol. The van der Waals surface area contributed by atoms with Crippen molar-refractivity contribution in [2.45, 2.75) is 18.9 Å². The van der Waals surface area contributed by atoms with Crippen LogP contribution in [0.4, 0.5) is 0 Å². The van der Waals surface area contributed by atoms with Gasteiger partial charge in [0, 0.05) is 25.9 Å². The molecule has 3 rings (SSSR count). The van der Waals surface area contributed by atoms with Crippen molar-refractivity contribution in [2.24, 2.45) is 0 Å². The molecule has 0 aromatic heterocycles. The van der Waals surface area contributed by atoms with Crippen molar-refractivity contribution in [3.8, 4) is 22.6 Å². The van der Waals surface area contributed by atoms with E-state index in [9.17, 15) is 4.79 Å². The van der Waals surface area contributed by atoms with Crippen LogP contribution < -0.4 is 9.47 Å². The third kappa shape index (κ3) is 4.21. The van der Waals surface area contributed by atoms with E-state index in [1.165, 1.54) is 6.08 Å². The second-order valence-electron chi connectivity index (χ2n) is 6.10. The molecule has 2 aromatic rings. The molecule has 2 aromatic carbocycles. The predicted octanol–water partition coefficient (Wildman–Crippen LogP) is 3.92. The highest BCUT2D eigenvalue weighted by Gasteiger charge is 2.22. The highest BCUT2D eigenvalue weighted by molar-refractivity contribution is 5.87. The van der Waals surface area contributed by atoms with Crippen LogP contribution in [0, 0.1) is 0 Å². The topological polar surface area (TPSA) is 38.8 Å². The van der Waals surface area contributed by atoms with Crippen LogP contribution in [0.3, 0.4) is 0 Å². The maximum absolute atomic E-state index is 11.6. The normalized spacial score (nSPS) is 14.8. The van der Waals surface area contributed by atoms with E-state index in [0.717, 1.165) is 35.5 Å². The fourth-order valence-corrected chi connectivity index (χ4v) is 3.05. The second kappa shape index (κ2) is 7.88. The third-order valence-electron chi connectivity index (χ3n) is 4.49. The Morgan fingerprint density at radius 1 is 1.08 bits per heavy atom. The number of nitrogens with zero attached hydrogens (tertiary/aromatic N) is 1. The quantitative estimate of drug-likeness (QED) is 0.776. The molecule has 0 spiro atoms. The molecule has 1 saturated heterocycles. The molecule has 0 bridgehead atoms. The van der Waals surface area contributed by atoms with Gasteiger partial charge in [-0.2, -0.15) is 0 Å². The van der Waals surface area contributed by atoms with Crippen molar-refractivity contribution in [2.75, 3.05) is 20.2 Å². The van der Waals surface area contributed by atoms with Crippen molar-refractivity contribution >= 4 is 5.91 Å². The van der Waals surface area contributed by atoms with Gasteiger partial charge >= 0.3 is 0 Å². The van der Waals surface area contributed by atoms with Gasteiger partial charge in [0.1, 0.15) is 17.6 Å². The first-order chi connectivity index (χ1) is 12.2. The highest BCUT2D eigenvalue weighted by Crippen LogP contribution is 2.27. The number of likely N-dealkylation sites (tertiary alicyclic amines) is 1. The lowest BCUT2D eigenvalue weighted by Gasteiger charge is -2.31. The lowest BCUT2D eigenvalue weighted by molar-refractivity contribution is -0.127. The maximum Gasteiger partial charge on any atom is 0.245 e. The molecule has 1 fully saturated rings. The molecular weight excluding hydrogens is 314 g/mol. The number of carbonyl (C=O) groups excluding carboxylic acids is 1. The Hall–Kier alpha value is -2.75. The zero-order valence-corrected chi connectivity index (χ0v) is 14.5. The summed E-state index contributed by atoms with van der Waals surface area (Å²) in [6.45, 7) is 4.97. The fraction of sp³-hybridized carbons (Fsp3) is 0.286. The fourth-order valence-electron chi connectivity index (χ4n) is 3.05. The molecule has 130 valence electrons. The van der Waals surface area contributed by atoms with Crippen molar-refractivity contribution in [3.63, 3.8) is 0 Å². The molecule has 4 heteroatoms. The Bertz CT molecular complexity index is 731. The number of hydrogen-bond donors (Lipinski definition) is 0. The van der Waals surface area contributed by atoms with Crippen molar-refractivity contribution < 1.29 is 14.3 Å². The van der Waals surface area contributed by atoms with Gasteiger partial charge in [0.05, 0.1) is 7.11 Å². The van der Waals surface area contributed by atoms with E-state index in [2.05, 4.69) is 18.7 Å². The van der Waals surface area contributed by atoms with Crippen LogP contribution in [0.5, 0.6) is 11.5 Å². The van der Waals surface area contributed by atoms with E-state index in [1.54, 1.807) is 7.11 Å². The molecule has 0 N–H and O–H groups in total. The number of benzene rings is 2. The van der Waals surface area contributed by atoms with Crippen LogP contribution in [0.15, 0.2) is 61.2 Å². The standard InChI is InChI=1S/C21H23NO3/c1-3-21(23)22-13-11-19(12-14-22)25-20-6-4-5-17(15-20)16-7-9-18(24-2)10-8-16/h3-10,15,19H,1,11-14H2,2H3. The van der Waals surface area contributed by atoms with Gasteiger partial charge in [0.2, 0.25) is 5.91 Å². The van der Waals surface area contributed by atoms with Gasteiger partial charge < -0.3 is 14.4 Å². The number of amides is 1. The summed E-state index contributed by atoms with van der Waals surface area (Å²) in [6, 6.07) is 16.1. The first-order valence-electron chi connectivity index (χ1n) is 8.52. The minimum Gasteiger partial charge on any atom is -0.497 e. The summed E-state index contributed by atoms with van der Waals surface area (Å²) in [5.74, 6) is 1.71. The van der Waals surface area contributed by atoms with Gasteiger partial charge in [-0.3, -0.25) is 4.79 Å². The van der Waals surface area contributed by atoms with Gasteiger partial charge in [-0.15, -0.1) is 0 Å². The summed E-state index contributed by atoms with van der Waals surface area (Å²) in [7, 11) is 1.66. The van der Waals surface area contributed by atoms with Crippen LogP contribution in [0.25, 0.3) is 11.1 Å². The Morgan fingerprint density at radius 2 is 1.80 bits per heavy atom. The molecule has 0 aliphatic carbocycles. The molecule has 1 heterocycles. The highest BCUT2D eigenvalue weighted by atomic mass is 16.5. The first kappa shape index (κ1) is 17.1. The van der Waals surface area contributed by atoms with E-state index in [4.69, 9.17) is 9.47 Å². The summed E-state index contributed by atoms with van der Waals surface area (Å²) in [5, 5.41) is 0. The largest absolute Gasteiger partial charge is 0.497 e. The van der Waals surface area contributed by atoms with E-state index in [-0.39, 0.29) is 12.0 Å². The van der Waals surface area contributed by atoms with E-state index >= 15 is 0 Å². The van der Waals surface area contributed by atoms with E-state index in [0.29, 0.717) is 13.1 Å². The Balaban J connectivity index is 1.64. The molecule has 0 saturated carbocycles. The maximum atomic E-state index is 11.6. The summed E-state index contributed by atoms with van der Waals surface area (Å²) in [4.78, 5) is 13.5. The smallest absolute Gasteiger partial charge is 0.245 e. The van der Waals surface area contributed by atoms with E-state index in [1.807, 2.05) is 41.3 Å². The van der Waals surface area contributed by atoms with Gasteiger partial charge in [-0.1, -0.05) is 30.8 Å². The molecule has 0 unspecified atom stereocenters. The molecule has 0 atom stereocenters. The van der Waals surface area contributed by atoms with Crippen molar-refractivity contribution in [1.29, 1.82) is 0 Å². The van der Waals surface area contributed by atoms with Crippen molar-refractivity contribution in [1.82, 2.24) is 4.90 Å². The van der Waals surface area contributed by atoms with Crippen molar-refractivity contribution in [3.05, 3.63) is 61.2 Å². The number of rotatable bonds is 5. The second-order valence-corrected chi connectivity index (χ2v) is 6.10. The molecule has 4 nitrogen and oxygen atoms in total. The number of hydrogen-bond acceptors (Lipinski definition) is 3. The molecule has 1 amide bonds. The summed E-state index contributed by atoms with van der Waals surface area (Å²) >= 11 is 0. The van der Waals surface area contributed by atoms with Gasteiger partial charge in [-0.05, 0) is 41.5 Å². The average molecular weight is 337 g/mol. The minimum atomic E-state index is -0.0000434. The summed E-state index contributed by atoms with van der Waals surface area (Å²) in [6.07, 6.45) is 3.19. The van der Waals surface area contributed by atoms with Crippen LogP contribution in [0.2, 0.25) is 0 Å². The molecule has 1 aliphatic heterocycles. The molecule has 1 aliphatic rings. The average Bonchev–Trinajstić information content (AvgIpc) is 2.68. The number of ether oxygens (including phenoxy) is 2. The Labute approximate surface area is 148 Å². The zero-order valence-electron chi connectivity index (χ0n) is 14.5. The van der Waals surface area contributed by atoms with E-state index < -0.39 is 0 Å².